The lowest BCUT2D eigenvalue weighted by Gasteiger charge is -2.12. The predicted molar refractivity (Wildman–Crippen MR) is 63.2 cm³/mol. The first kappa shape index (κ1) is 11.0. The normalized spacial score (nSPS) is 10.8. The van der Waals surface area contributed by atoms with Gasteiger partial charge in [0.05, 0.1) is 0 Å². The topological polar surface area (TPSA) is 0 Å². The van der Waals surface area contributed by atoms with Crippen LogP contribution in [0.1, 0.15) is 19.4 Å². The highest BCUT2D eigenvalue weighted by Gasteiger charge is 2.03. The average Bonchev–Trinajstić information content (AvgIpc) is 2.14. The van der Waals surface area contributed by atoms with Crippen LogP contribution in [-0.2, 0) is 6.16 Å². The third-order valence-corrected chi connectivity index (χ3v) is 5.03. The molecule has 13 heavy (non-hydrogen) atoms. The van der Waals surface area contributed by atoms with Crippen LogP contribution in [0.15, 0.2) is 24.3 Å². The molecule has 0 saturated carbocycles. The van der Waals surface area contributed by atoms with Gasteiger partial charge in [-0.25, -0.2) is 0 Å². The van der Waals surface area contributed by atoms with Crippen LogP contribution in [0.4, 0.5) is 0 Å². The van der Waals surface area contributed by atoms with Gasteiger partial charge in [-0.3, -0.25) is 0 Å². The van der Waals surface area contributed by atoms with Crippen LogP contribution >= 0.6 is 19.5 Å². The van der Waals surface area contributed by atoms with E-state index in [1.807, 2.05) is 12.1 Å². The monoisotopic (exact) mass is 214 g/mol. The zero-order valence-electron chi connectivity index (χ0n) is 8.26. The number of benzene rings is 1. The third kappa shape index (κ3) is 3.67. The van der Waals surface area contributed by atoms with Crippen molar-refractivity contribution in [2.75, 3.05) is 12.3 Å². The van der Waals surface area contributed by atoms with E-state index in [1.54, 1.807) is 0 Å². The fraction of sp³-hybridized carbons (Fsp3) is 0.455. The lowest BCUT2D eigenvalue weighted by molar-refractivity contribution is 1.31. The Morgan fingerprint density at radius 1 is 1.23 bits per heavy atom. The molecule has 0 unspecified atom stereocenters. The number of hydrogen-bond donors (Lipinski definition) is 0. The summed E-state index contributed by atoms with van der Waals surface area (Å²) in [4.78, 5) is 0. The molecule has 0 fully saturated rings. The van der Waals surface area contributed by atoms with Gasteiger partial charge in [0.25, 0.3) is 0 Å². The van der Waals surface area contributed by atoms with Crippen LogP contribution in [0.25, 0.3) is 0 Å². The van der Waals surface area contributed by atoms with Gasteiger partial charge in [-0.15, -0.1) is 7.92 Å². The molecule has 0 saturated heterocycles. The van der Waals surface area contributed by atoms with E-state index in [4.69, 9.17) is 11.6 Å². The first-order valence-corrected chi connectivity index (χ1v) is 7.00. The summed E-state index contributed by atoms with van der Waals surface area (Å²) >= 11 is 5.92. The smallest absolute Gasteiger partial charge is 0.0408 e. The molecular formula is C11H16ClP. The molecular weight excluding hydrogens is 199 g/mol. The van der Waals surface area contributed by atoms with E-state index in [1.165, 1.54) is 24.0 Å². The molecule has 0 N–H and O–H groups in total. The van der Waals surface area contributed by atoms with E-state index in [0.29, 0.717) is 0 Å². The van der Waals surface area contributed by atoms with Gasteiger partial charge in [-0.2, -0.15) is 0 Å². The summed E-state index contributed by atoms with van der Waals surface area (Å²) in [5.41, 5.74) is 1.39. The summed E-state index contributed by atoms with van der Waals surface area (Å²) in [5, 5.41) is 0.861. The molecule has 0 atom stereocenters. The standard InChI is InChI=1S/C11H16ClP/c1-3-13(4-2)9-10-6-5-7-11(12)8-10/h5-8H,3-4,9H2,1-2H3. The van der Waals surface area contributed by atoms with Crippen molar-refractivity contribution in [2.45, 2.75) is 20.0 Å². The molecule has 0 bridgehead atoms. The average molecular weight is 215 g/mol. The van der Waals surface area contributed by atoms with Crippen molar-refractivity contribution >= 4 is 19.5 Å². The number of hydrogen-bond acceptors (Lipinski definition) is 0. The van der Waals surface area contributed by atoms with Crippen molar-refractivity contribution in [2.24, 2.45) is 0 Å². The van der Waals surface area contributed by atoms with Crippen LogP contribution in [0.3, 0.4) is 0 Å². The van der Waals surface area contributed by atoms with Crippen molar-refractivity contribution in [3.8, 4) is 0 Å². The highest BCUT2D eigenvalue weighted by Crippen LogP contribution is 2.38. The van der Waals surface area contributed by atoms with E-state index in [2.05, 4.69) is 26.0 Å². The van der Waals surface area contributed by atoms with Crippen molar-refractivity contribution in [3.05, 3.63) is 34.9 Å². The molecule has 1 aromatic rings. The third-order valence-electron chi connectivity index (χ3n) is 2.19. The predicted octanol–water partition coefficient (Wildman–Crippen LogP) is 4.36. The maximum absolute atomic E-state index is 5.92. The van der Waals surface area contributed by atoms with E-state index in [9.17, 15) is 0 Å². The van der Waals surface area contributed by atoms with Gasteiger partial charge in [0, 0.05) is 5.02 Å². The highest BCUT2D eigenvalue weighted by atomic mass is 35.5. The number of halogens is 1. The Kier molecular flexibility index (Phi) is 4.77. The lowest BCUT2D eigenvalue weighted by Crippen LogP contribution is -1.88. The maximum atomic E-state index is 5.92. The van der Waals surface area contributed by atoms with E-state index >= 15 is 0 Å². The SMILES string of the molecule is CCP(CC)Cc1cccc(Cl)c1. The molecule has 1 aromatic carbocycles. The Bertz CT molecular complexity index is 256. The van der Waals surface area contributed by atoms with E-state index in [-0.39, 0.29) is 7.92 Å². The first-order chi connectivity index (χ1) is 6.26. The Morgan fingerprint density at radius 2 is 1.92 bits per heavy atom. The second-order valence-corrected chi connectivity index (χ2v) is 6.45. The van der Waals surface area contributed by atoms with Gasteiger partial charge in [0.15, 0.2) is 0 Å². The summed E-state index contributed by atoms with van der Waals surface area (Å²) in [6.45, 7) is 4.56. The molecule has 0 aromatic heterocycles. The quantitative estimate of drug-likeness (QED) is 0.654. The van der Waals surface area contributed by atoms with Crippen LogP contribution in [0.2, 0.25) is 5.02 Å². The van der Waals surface area contributed by atoms with Gasteiger partial charge in [0.1, 0.15) is 0 Å². The number of rotatable bonds is 4. The molecule has 0 aliphatic heterocycles. The Hall–Kier alpha value is -0.0600. The van der Waals surface area contributed by atoms with Gasteiger partial charge in [-0.1, -0.05) is 37.6 Å². The Morgan fingerprint density at radius 3 is 2.46 bits per heavy atom. The zero-order chi connectivity index (χ0) is 9.68. The second kappa shape index (κ2) is 5.62. The molecule has 1 rings (SSSR count). The molecule has 0 amide bonds. The molecule has 0 nitrogen and oxygen atoms in total. The highest BCUT2D eigenvalue weighted by molar-refractivity contribution is 7.56. The second-order valence-electron chi connectivity index (χ2n) is 3.09. The molecule has 0 aliphatic rings. The Balaban J connectivity index is 2.62. The van der Waals surface area contributed by atoms with Gasteiger partial charge in [0.2, 0.25) is 0 Å². The van der Waals surface area contributed by atoms with Crippen molar-refractivity contribution < 1.29 is 0 Å². The summed E-state index contributed by atoms with van der Waals surface area (Å²) in [6, 6.07) is 8.23. The minimum Gasteiger partial charge on any atom is -0.103 e. The summed E-state index contributed by atoms with van der Waals surface area (Å²) < 4.78 is 0. The van der Waals surface area contributed by atoms with Crippen LogP contribution in [0, 0.1) is 0 Å². The van der Waals surface area contributed by atoms with E-state index in [0.717, 1.165) is 5.02 Å². The zero-order valence-corrected chi connectivity index (χ0v) is 9.91. The largest absolute Gasteiger partial charge is 0.103 e. The molecule has 0 aliphatic carbocycles. The summed E-state index contributed by atoms with van der Waals surface area (Å²) in [7, 11) is 0.196. The lowest BCUT2D eigenvalue weighted by atomic mass is 10.2. The molecule has 2 heteroatoms. The van der Waals surface area contributed by atoms with Crippen molar-refractivity contribution in [1.29, 1.82) is 0 Å². The fourth-order valence-electron chi connectivity index (χ4n) is 1.34. The van der Waals surface area contributed by atoms with Crippen LogP contribution in [-0.4, -0.2) is 12.3 Å². The molecule has 0 heterocycles. The maximum Gasteiger partial charge on any atom is 0.0408 e. The fourth-order valence-corrected chi connectivity index (χ4v) is 3.16. The first-order valence-electron chi connectivity index (χ1n) is 4.73. The van der Waals surface area contributed by atoms with Crippen LogP contribution < -0.4 is 0 Å². The van der Waals surface area contributed by atoms with Crippen molar-refractivity contribution in [3.63, 3.8) is 0 Å². The van der Waals surface area contributed by atoms with E-state index < -0.39 is 0 Å². The van der Waals surface area contributed by atoms with Gasteiger partial charge < -0.3 is 0 Å². The van der Waals surface area contributed by atoms with Gasteiger partial charge >= 0.3 is 0 Å². The minimum atomic E-state index is 0.196. The summed E-state index contributed by atoms with van der Waals surface area (Å²) in [5.74, 6) is 0. The van der Waals surface area contributed by atoms with Crippen LogP contribution in [0.5, 0.6) is 0 Å². The molecule has 0 spiro atoms. The molecule has 0 radical (unpaired) electrons. The van der Waals surface area contributed by atoms with Gasteiger partial charge in [-0.05, 0) is 36.2 Å². The molecule has 72 valence electrons. The summed E-state index contributed by atoms with van der Waals surface area (Å²) in [6.07, 6.45) is 3.86. The minimum absolute atomic E-state index is 0.196. The Labute approximate surface area is 87.1 Å². The van der Waals surface area contributed by atoms with Crippen molar-refractivity contribution in [1.82, 2.24) is 0 Å².